The first-order chi connectivity index (χ1) is 12.0. The summed E-state index contributed by atoms with van der Waals surface area (Å²) in [6.45, 7) is 1.52. The third-order valence-electron chi connectivity index (χ3n) is 3.45. The van der Waals surface area contributed by atoms with Crippen LogP contribution in [-0.2, 0) is 26.2 Å². The van der Waals surface area contributed by atoms with Crippen LogP contribution in [0.2, 0.25) is 0 Å². The quantitative estimate of drug-likeness (QED) is 0.661. The highest BCUT2D eigenvalue weighted by Crippen LogP contribution is 2.21. The fraction of sp³-hybridized carbons (Fsp3) is 0.188. The number of hydrogen-bond donors (Lipinski definition) is 1. The van der Waals surface area contributed by atoms with Crippen molar-refractivity contribution < 1.29 is 17.9 Å². The summed E-state index contributed by atoms with van der Waals surface area (Å²) < 4.78 is 40.6. The van der Waals surface area contributed by atoms with E-state index in [1.807, 2.05) is 30.3 Å². The van der Waals surface area contributed by atoms with Gasteiger partial charge in [-0.15, -0.1) is 0 Å². The average Bonchev–Trinajstić information content (AvgIpc) is 3.08. The van der Waals surface area contributed by atoms with Crippen LogP contribution in [0.4, 0.5) is 0 Å². The Hall–Kier alpha value is -2.36. The maximum atomic E-state index is 12.6. The summed E-state index contributed by atoms with van der Waals surface area (Å²) in [5.74, 6) is -0.656. The molecule has 1 heterocycles. The lowest BCUT2D eigenvalue weighted by molar-refractivity contribution is -0.146. The second-order valence-electron chi connectivity index (χ2n) is 5.32. The van der Waals surface area contributed by atoms with Crippen LogP contribution >= 0.6 is 11.7 Å². The van der Waals surface area contributed by atoms with Gasteiger partial charge in [0.05, 0.1) is 11.7 Å². The van der Waals surface area contributed by atoms with E-state index in [0.29, 0.717) is 5.52 Å². The SMILES string of the molecule is C[C@H](NS(=O)(=O)c1cccc2nsnc12)C(=O)OCc1ccccc1. The molecule has 0 fully saturated rings. The normalized spacial score (nSPS) is 12.8. The number of fused-ring (bicyclic) bond motifs is 1. The molecule has 0 aliphatic rings. The zero-order chi connectivity index (χ0) is 17.9. The predicted molar refractivity (Wildman–Crippen MR) is 93.4 cm³/mol. The van der Waals surface area contributed by atoms with E-state index in [1.54, 1.807) is 12.1 Å². The molecule has 7 nitrogen and oxygen atoms in total. The second-order valence-corrected chi connectivity index (χ2v) is 7.54. The van der Waals surface area contributed by atoms with E-state index in [9.17, 15) is 13.2 Å². The highest BCUT2D eigenvalue weighted by atomic mass is 32.2. The number of sulfonamides is 1. The third-order valence-corrected chi connectivity index (χ3v) is 5.56. The van der Waals surface area contributed by atoms with Crippen LogP contribution in [0.1, 0.15) is 12.5 Å². The van der Waals surface area contributed by atoms with Gasteiger partial charge in [0.2, 0.25) is 10.0 Å². The van der Waals surface area contributed by atoms with Gasteiger partial charge in [-0.3, -0.25) is 4.79 Å². The van der Waals surface area contributed by atoms with E-state index in [2.05, 4.69) is 13.5 Å². The van der Waals surface area contributed by atoms with E-state index in [0.717, 1.165) is 17.3 Å². The van der Waals surface area contributed by atoms with Crippen molar-refractivity contribution in [1.29, 1.82) is 0 Å². The molecule has 130 valence electrons. The Bertz CT molecular complexity index is 987. The Labute approximate surface area is 149 Å². The minimum absolute atomic E-state index is 0.0125. The summed E-state index contributed by atoms with van der Waals surface area (Å²) in [5, 5.41) is 0. The maximum Gasteiger partial charge on any atom is 0.324 e. The van der Waals surface area contributed by atoms with Crippen LogP contribution in [0.3, 0.4) is 0 Å². The van der Waals surface area contributed by atoms with Gasteiger partial charge in [-0.05, 0) is 24.6 Å². The van der Waals surface area contributed by atoms with Crippen LogP contribution in [-0.4, -0.2) is 29.2 Å². The smallest absolute Gasteiger partial charge is 0.324 e. The highest BCUT2D eigenvalue weighted by molar-refractivity contribution is 7.89. The van der Waals surface area contributed by atoms with Crippen molar-refractivity contribution in [3.63, 3.8) is 0 Å². The minimum Gasteiger partial charge on any atom is -0.460 e. The van der Waals surface area contributed by atoms with E-state index in [1.165, 1.54) is 13.0 Å². The van der Waals surface area contributed by atoms with Crippen LogP contribution in [0.25, 0.3) is 11.0 Å². The molecule has 0 bridgehead atoms. The van der Waals surface area contributed by atoms with Crippen molar-refractivity contribution >= 4 is 38.8 Å². The molecule has 1 atom stereocenters. The second kappa shape index (κ2) is 7.26. The fourth-order valence-corrected chi connectivity index (χ4v) is 4.15. The summed E-state index contributed by atoms with van der Waals surface area (Å²) in [4.78, 5) is 12.1. The highest BCUT2D eigenvalue weighted by Gasteiger charge is 2.25. The first kappa shape index (κ1) is 17.5. The van der Waals surface area contributed by atoms with E-state index >= 15 is 0 Å². The summed E-state index contributed by atoms with van der Waals surface area (Å²) >= 11 is 0.930. The molecule has 0 amide bonds. The van der Waals surface area contributed by atoms with Gasteiger partial charge < -0.3 is 4.74 Å². The number of nitrogens with one attached hydrogen (secondary N) is 1. The number of esters is 1. The van der Waals surface area contributed by atoms with Crippen molar-refractivity contribution in [2.75, 3.05) is 0 Å². The Morgan fingerprint density at radius 1 is 1.16 bits per heavy atom. The topological polar surface area (TPSA) is 98.3 Å². The van der Waals surface area contributed by atoms with Crippen molar-refractivity contribution in [2.45, 2.75) is 24.5 Å². The molecule has 25 heavy (non-hydrogen) atoms. The molecule has 3 rings (SSSR count). The summed E-state index contributed by atoms with van der Waals surface area (Å²) in [7, 11) is -3.93. The first-order valence-corrected chi connectivity index (χ1v) is 9.63. The zero-order valence-electron chi connectivity index (χ0n) is 13.2. The molecule has 0 spiro atoms. The molecular weight excluding hydrogens is 362 g/mol. The summed E-state index contributed by atoms with van der Waals surface area (Å²) in [5.41, 5.74) is 1.60. The lowest BCUT2D eigenvalue weighted by atomic mass is 10.2. The molecule has 0 saturated heterocycles. The molecule has 0 aliphatic heterocycles. The summed E-state index contributed by atoms with van der Waals surface area (Å²) in [6.07, 6.45) is 0. The summed E-state index contributed by atoms with van der Waals surface area (Å²) in [6, 6.07) is 12.8. The van der Waals surface area contributed by atoms with Crippen LogP contribution in [0.5, 0.6) is 0 Å². The number of carbonyl (C=O) groups is 1. The molecule has 0 aliphatic carbocycles. The van der Waals surface area contributed by atoms with Crippen molar-refractivity contribution in [3.05, 3.63) is 54.1 Å². The van der Waals surface area contributed by atoms with Gasteiger partial charge in [-0.1, -0.05) is 36.4 Å². The Morgan fingerprint density at radius 2 is 1.92 bits per heavy atom. The van der Waals surface area contributed by atoms with Crippen LogP contribution < -0.4 is 4.72 Å². The maximum absolute atomic E-state index is 12.6. The molecule has 1 N–H and O–H groups in total. The molecule has 2 aromatic carbocycles. The monoisotopic (exact) mass is 377 g/mol. The number of hydrogen-bond acceptors (Lipinski definition) is 7. The fourth-order valence-electron chi connectivity index (χ4n) is 2.20. The number of carbonyl (C=O) groups excluding carboxylic acids is 1. The lowest BCUT2D eigenvalue weighted by Crippen LogP contribution is -2.39. The Balaban J connectivity index is 1.70. The first-order valence-electron chi connectivity index (χ1n) is 7.41. The molecule has 9 heteroatoms. The van der Waals surface area contributed by atoms with Crippen LogP contribution in [0.15, 0.2) is 53.4 Å². The Morgan fingerprint density at radius 3 is 2.68 bits per heavy atom. The number of nitrogens with zero attached hydrogens (tertiary/aromatic N) is 2. The molecular formula is C16H15N3O4S2. The van der Waals surface area contributed by atoms with Gasteiger partial charge in [-0.25, -0.2) is 8.42 Å². The third kappa shape index (κ3) is 4.01. The number of aromatic nitrogens is 2. The number of benzene rings is 2. The van der Waals surface area contributed by atoms with E-state index < -0.39 is 22.0 Å². The van der Waals surface area contributed by atoms with Crippen LogP contribution in [0, 0.1) is 0 Å². The van der Waals surface area contributed by atoms with Gasteiger partial charge in [0, 0.05) is 0 Å². The standard InChI is InChI=1S/C16H15N3O4S2/c1-11(16(20)23-10-12-6-3-2-4-7-12)19-25(21,22)14-9-5-8-13-15(14)18-24-17-13/h2-9,11,19H,10H2,1H3/t11-/m0/s1. The van der Waals surface area contributed by atoms with E-state index in [-0.39, 0.29) is 17.0 Å². The zero-order valence-corrected chi connectivity index (χ0v) is 14.9. The average molecular weight is 377 g/mol. The van der Waals surface area contributed by atoms with Gasteiger partial charge in [-0.2, -0.15) is 13.5 Å². The van der Waals surface area contributed by atoms with Crippen molar-refractivity contribution in [2.24, 2.45) is 0 Å². The predicted octanol–water partition coefficient (Wildman–Crippen LogP) is 2.10. The van der Waals surface area contributed by atoms with Gasteiger partial charge in [0.25, 0.3) is 0 Å². The largest absolute Gasteiger partial charge is 0.460 e. The molecule has 0 saturated carbocycles. The van der Waals surface area contributed by atoms with E-state index in [4.69, 9.17) is 4.74 Å². The van der Waals surface area contributed by atoms with Gasteiger partial charge >= 0.3 is 5.97 Å². The van der Waals surface area contributed by atoms with Gasteiger partial charge in [0.15, 0.2) is 0 Å². The molecule has 0 unspecified atom stereocenters. The number of ether oxygens (including phenoxy) is 1. The lowest BCUT2D eigenvalue weighted by Gasteiger charge is -2.14. The van der Waals surface area contributed by atoms with Crippen molar-refractivity contribution in [1.82, 2.24) is 13.5 Å². The minimum atomic E-state index is -3.93. The Kier molecular flexibility index (Phi) is 5.07. The molecule has 1 aromatic heterocycles. The number of rotatable bonds is 6. The van der Waals surface area contributed by atoms with Gasteiger partial charge in [0.1, 0.15) is 28.6 Å². The molecule has 0 radical (unpaired) electrons. The van der Waals surface area contributed by atoms with Crippen molar-refractivity contribution in [3.8, 4) is 0 Å². The molecule has 3 aromatic rings.